The maximum Gasteiger partial charge on any atom is 0.0863 e. The number of hydrogen-bond donors (Lipinski definition) is 2. The summed E-state index contributed by atoms with van der Waals surface area (Å²) in [4.78, 5) is 0. The van der Waals surface area contributed by atoms with Crippen molar-refractivity contribution < 1.29 is 4.74 Å². The van der Waals surface area contributed by atoms with E-state index in [9.17, 15) is 0 Å². The van der Waals surface area contributed by atoms with Gasteiger partial charge in [-0.15, -0.1) is 0 Å². The summed E-state index contributed by atoms with van der Waals surface area (Å²) in [5, 5.41) is 3.35. The molecule has 3 nitrogen and oxygen atoms in total. The molecule has 0 aliphatic carbocycles. The second-order valence-corrected chi connectivity index (χ2v) is 5.07. The lowest BCUT2D eigenvalue weighted by atomic mass is 9.75. The Morgan fingerprint density at radius 3 is 2.38 bits per heavy atom. The number of rotatable bonds is 0. The maximum atomic E-state index is 6.27. The van der Waals surface area contributed by atoms with Gasteiger partial charge in [0.2, 0.25) is 0 Å². The Labute approximate surface area is 80.0 Å². The van der Waals surface area contributed by atoms with Crippen molar-refractivity contribution in [1.82, 2.24) is 5.32 Å². The van der Waals surface area contributed by atoms with Gasteiger partial charge in [-0.3, -0.25) is 0 Å². The van der Waals surface area contributed by atoms with Crippen LogP contribution in [0.5, 0.6) is 0 Å². The lowest BCUT2D eigenvalue weighted by molar-refractivity contribution is -0.0278. The van der Waals surface area contributed by atoms with E-state index in [0.717, 1.165) is 32.5 Å². The fraction of sp³-hybridized carbons (Fsp3) is 1.00. The van der Waals surface area contributed by atoms with Gasteiger partial charge in [0.1, 0.15) is 0 Å². The van der Waals surface area contributed by atoms with Gasteiger partial charge in [-0.25, -0.2) is 0 Å². The molecule has 0 aromatic rings. The number of piperidine rings is 1. The smallest absolute Gasteiger partial charge is 0.0863 e. The molecule has 0 amide bonds. The average Bonchev–Trinajstić information content (AvgIpc) is 2.33. The summed E-state index contributed by atoms with van der Waals surface area (Å²) in [6.07, 6.45) is 2.13. The minimum absolute atomic E-state index is 0.0191. The lowest BCUT2D eigenvalue weighted by Gasteiger charge is -2.38. The zero-order valence-corrected chi connectivity index (χ0v) is 8.60. The molecular formula is C10H20N2O. The highest BCUT2D eigenvalue weighted by Crippen LogP contribution is 2.42. The molecule has 13 heavy (non-hydrogen) atoms. The van der Waals surface area contributed by atoms with E-state index in [2.05, 4.69) is 19.2 Å². The summed E-state index contributed by atoms with van der Waals surface area (Å²) in [6, 6.07) is 0.196. The molecule has 76 valence electrons. The van der Waals surface area contributed by atoms with E-state index in [1.165, 1.54) is 0 Å². The average molecular weight is 184 g/mol. The highest BCUT2D eigenvalue weighted by Gasteiger charge is 2.51. The largest absolute Gasteiger partial charge is 0.373 e. The van der Waals surface area contributed by atoms with Crippen molar-refractivity contribution in [3.63, 3.8) is 0 Å². The van der Waals surface area contributed by atoms with E-state index >= 15 is 0 Å². The second kappa shape index (κ2) is 2.94. The first kappa shape index (κ1) is 9.44. The zero-order valence-electron chi connectivity index (χ0n) is 8.60. The van der Waals surface area contributed by atoms with E-state index in [4.69, 9.17) is 10.5 Å². The summed E-state index contributed by atoms with van der Waals surface area (Å²) in [5.41, 5.74) is 6.40. The molecule has 1 atom stereocenters. The summed E-state index contributed by atoms with van der Waals surface area (Å²) < 4.78 is 5.94. The predicted molar refractivity (Wildman–Crippen MR) is 52.5 cm³/mol. The normalized spacial score (nSPS) is 36.7. The van der Waals surface area contributed by atoms with Gasteiger partial charge < -0.3 is 15.8 Å². The van der Waals surface area contributed by atoms with Crippen LogP contribution >= 0.6 is 0 Å². The molecule has 2 saturated heterocycles. The lowest BCUT2D eigenvalue weighted by Crippen LogP contribution is -2.55. The third kappa shape index (κ3) is 1.39. The zero-order chi connectivity index (χ0) is 9.53. The monoisotopic (exact) mass is 184 g/mol. The molecule has 3 heteroatoms. The molecule has 0 saturated carbocycles. The van der Waals surface area contributed by atoms with Gasteiger partial charge in [0.05, 0.1) is 12.2 Å². The van der Waals surface area contributed by atoms with Crippen LogP contribution in [0.4, 0.5) is 0 Å². The van der Waals surface area contributed by atoms with Crippen molar-refractivity contribution in [3.05, 3.63) is 0 Å². The van der Waals surface area contributed by atoms with Crippen molar-refractivity contribution in [2.75, 3.05) is 19.7 Å². The topological polar surface area (TPSA) is 47.3 Å². The van der Waals surface area contributed by atoms with E-state index in [-0.39, 0.29) is 17.1 Å². The van der Waals surface area contributed by atoms with Gasteiger partial charge in [-0.2, -0.15) is 0 Å². The van der Waals surface area contributed by atoms with Gasteiger partial charge in [-0.1, -0.05) is 13.8 Å². The first-order valence-electron chi connectivity index (χ1n) is 5.17. The number of nitrogens with one attached hydrogen (secondary N) is 1. The highest BCUT2D eigenvalue weighted by atomic mass is 16.5. The van der Waals surface area contributed by atoms with Crippen LogP contribution in [0.25, 0.3) is 0 Å². The molecule has 0 aromatic heterocycles. The Bertz CT molecular complexity index is 197. The molecule has 0 radical (unpaired) electrons. The fourth-order valence-electron chi connectivity index (χ4n) is 2.53. The summed E-state index contributed by atoms with van der Waals surface area (Å²) in [6.45, 7) is 7.31. The van der Waals surface area contributed by atoms with Gasteiger partial charge in [-0.05, 0) is 25.9 Å². The Balaban J connectivity index is 2.15. The molecule has 1 unspecified atom stereocenters. The van der Waals surface area contributed by atoms with Crippen LogP contribution in [0.3, 0.4) is 0 Å². The third-order valence-corrected chi connectivity index (χ3v) is 3.59. The second-order valence-electron chi connectivity index (χ2n) is 5.07. The first-order valence-corrected chi connectivity index (χ1v) is 5.17. The molecule has 0 bridgehead atoms. The van der Waals surface area contributed by atoms with E-state index < -0.39 is 0 Å². The first-order chi connectivity index (χ1) is 6.07. The quantitative estimate of drug-likeness (QED) is 0.576. The van der Waals surface area contributed by atoms with Crippen LogP contribution < -0.4 is 11.1 Å². The summed E-state index contributed by atoms with van der Waals surface area (Å²) >= 11 is 0. The number of ether oxygens (including phenoxy) is 1. The fourth-order valence-corrected chi connectivity index (χ4v) is 2.53. The summed E-state index contributed by atoms with van der Waals surface area (Å²) in [5.74, 6) is 0. The maximum absolute atomic E-state index is 6.27. The van der Waals surface area contributed by atoms with Crippen LogP contribution in [0.1, 0.15) is 26.7 Å². The van der Waals surface area contributed by atoms with Crippen LogP contribution in [0, 0.1) is 5.41 Å². The Hall–Kier alpha value is -0.120. The number of nitrogens with two attached hydrogens (primary N) is 1. The van der Waals surface area contributed by atoms with Gasteiger partial charge >= 0.3 is 0 Å². The Morgan fingerprint density at radius 2 is 1.92 bits per heavy atom. The molecule has 2 aliphatic heterocycles. The SMILES string of the molecule is CC1(C)COC2(CCNCC2)C1N. The minimum Gasteiger partial charge on any atom is -0.373 e. The van der Waals surface area contributed by atoms with E-state index in [1.54, 1.807) is 0 Å². The molecule has 3 N–H and O–H groups in total. The molecule has 2 fully saturated rings. The van der Waals surface area contributed by atoms with E-state index in [1.807, 2.05) is 0 Å². The molecule has 0 aromatic carbocycles. The minimum atomic E-state index is -0.0191. The Morgan fingerprint density at radius 1 is 1.31 bits per heavy atom. The number of hydrogen-bond acceptors (Lipinski definition) is 3. The summed E-state index contributed by atoms with van der Waals surface area (Å²) in [7, 11) is 0. The molecule has 2 rings (SSSR count). The molecular weight excluding hydrogens is 164 g/mol. The van der Waals surface area contributed by atoms with Gasteiger partial charge in [0.25, 0.3) is 0 Å². The van der Waals surface area contributed by atoms with Gasteiger partial charge in [0.15, 0.2) is 0 Å². The van der Waals surface area contributed by atoms with E-state index in [0.29, 0.717) is 0 Å². The van der Waals surface area contributed by atoms with Crippen molar-refractivity contribution in [1.29, 1.82) is 0 Å². The Kier molecular flexibility index (Phi) is 2.13. The van der Waals surface area contributed by atoms with Crippen molar-refractivity contribution in [2.45, 2.75) is 38.3 Å². The van der Waals surface area contributed by atoms with Gasteiger partial charge in [0, 0.05) is 11.5 Å². The molecule has 2 heterocycles. The predicted octanol–water partition coefficient (Wildman–Crippen LogP) is 0.492. The van der Waals surface area contributed by atoms with Crippen LogP contribution in [0.2, 0.25) is 0 Å². The standard InChI is InChI=1S/C10H20N2O/c1-9(2)7-13-10(8(9)11)3-5-12-6-4-10/h8,12H,3-7,11H2,1-2H3. The van der Waals surface area contributed by atoms with Crippen LogP contribution in [0.15, 0.2) is 0 Å². The van der Waals surface area contributed by atoms with Crippen LogP contribution in [-0.4, -0.2) is 31.3 Å². The van der Waals surface area contributed by atoms with Crippen molar-refractivity contribution >= 4 is 0 Å². The van der Waals surface area contributed by atoms with Crippen LogP contribution in [-0.2, 0) is 4.74 Å². The highest BCUT2D eigenvalue weighted by molar-refractivity contribution is 5.06. The van der Waals surface area contributed by atoms with Crippen molar-refractivity contribution in [3.8, 4) is 0 Å². The van der Waals surface area contributed by atoms with Crippen molar-refractivity contribution in [2.24, 2.45) is 11.1 Å². The molecule has 2 aliphatic rings. The molecule has 1 spiro atoms. The third-order valence-electron chi connectivity index (χ3n) is 3.59.